The number of hydrogen-bond acceptors (Lipinski definition) is 2. The van der Waals surface area contributed by atoms with E-state index >= 15 is 0 Å². The van der Waals surface area contributed by atoms with E-state index in [1.165, 1.54) is 24.7 Å². The largest absolute Gasteiger partial charge is 0.469 e. The number of hydrogen-bond donors (Lipinski definition) is 0. The maximum Gasteiger partial charge on any atom is 0.308 e. The molecule has 0 saturated carbocycles. The van der Waals surface area contributed by atoms with Crippen LogP contribution in [-0.2, 0) is 22.4 Å². The van der Waals surface area contributed by atoms with Crippen molar-refractivity contribution >= 4 is 5.97 Å². The summed E-state index contributed by atoms with van der Waals surface area (Å²) in [5, 5.41) is 0. The summed E-state index contributed by atoms with van der Waals surface area (Å²) >= 11 is 0. The minimum Gasteiger partial charge on any atom is -0.469 e. The van der Waals surface area contributed by atoms with Gasteiger partial charge in [-0.25, -0.2) is 0 Å². The monoisotopic (exact) mass is 234 g/mol. The lowest BCUT2D eigenvalue weighted by molar-refractivity contribution is -0.145. The molecule has 0 N–H and O–H groups in total. The zero-order chi connectivity index (χ0) is 12.7. The Kier molecular flexibility index (Phi) is 5.75. The van der Waals surface area contributed by atoms with Gasteiger partial charge in [-0.2, -0.15) is 0 Å². The third-order valence-electron chi connectivity index (χ3n) is 3.07. The highest BCUT2D eigenvalue weighted by Crippen LogP contribution is 2.15. The van der Waals surface area contributed by atoms with Crippen LogP contribution in [-0.4, -0.2) is 13.1 Å². The average molecular weight is 234 g/mol. The second-order valence-electron chi connectivity index (χ2n) is 4.40. The first-order chi connectivity index (χ1) is 8.21. The molecule has 1 aromatic rings. The molecule has 0 aliphatic heterocycles. The third kappa shape index (κ3) is 4.22. The van der Waals surface area contributed by atoms with Gasteiger partial charge in [0, 0.05) is 0 Å². The van der Waals surface area contributed by atoms with E-state index in [4.69, 9.17) is 4.74 Å². The summed E-state index contributed by atoms with van der Waals surface area (Å²) in [6, 6.07) is 8.55. The van der Waals surface area contributed by atoms with Crippen LogP contribution in [0.15, 0.2) is 24.3 Å². The van der Waals surface area contributed by atoms with E-state index in [-0.39, 0.29) is 11.9 Å². The van der Waals surface area contributed by atoms with Gasteiger partial charge in [0.1, 0.15) is 0 Å². The third-order valence-corrected chi connectivity index (χ3v) is 3.07. The topological polar surface area (TPSA) is 26.3 Å². The predicted octanol–water partition coefficient (Wildman–Crippen LogP) is 3.38. The highest BCUT2D eigenvalue weighted by Gasteiger charge is 2.17. The lowest BCUT2D eigenvalue weighted by Crippen LogP contribution is -2.17. The molecular formula is C15H22O2. The van der Waals surface area contributed by atoms with Gasteiger partial charge < -0.3 is 4.74 Å². The van der Waals surface area contributed by atoms with Gasteiger partial charge in [-0.05, 0) is 30.4 Å². The smallest absolute Gasteiger partial charge is 0.308 e. The summed E-state index contributed by atoms with van der Waals surface area (Å²) in [5.74, 6) is -0.123. The second-order valence-corrected chi connectivity index (χ2v) is 4.40. The molecule has 0 radical (unpaired) electrons. The molecule has 0 aliphatic rings. The summed E-state index contributed by atoms with van der Waals surface area (Å²) < 4.78 is 4.80. The Bertz CT molecular complexity index is 340. The quantitative estimate of drug-likeness (QED) is 0.705. The first-order valence-corrected chi connectivity index (χ1v) is 6.36. The van der Waals surface area contributed by atoms with Crippen LogP contribution in [0.3, 0.4) is 0 Å². The molecule has 0 amide bonds. The number of ether oxygens (including phenoxy) is 1. The van der Waals surface area contributed by atoms with Crippen LogP contribution >= 0.6 is 0 Å². The molecular weight excluding hydrogens is 212 g/mol. The number of rotatable bonds is 6. The molecule has 1 rings (SSSR count). The molecule has 0 bridgehead atoms. The minimum absolute atomic E-state index is 0.0166. The van der Waals surface area contributed by atoms with E-state index in [0.717, 1.165) is 19.3 Å². The molecule has 0 aromatic heterocycles. The molecule has 0 heterocycles. The van der Waals surface area contributed by atoms with Crippen molar-refractivity contribution in [2.24, 2.45) is 5.92 Å². The Hall–Kier alpha value is -1.31. The molecule has 0 aliphatic carbocycles. The summed E-state index contributed by atoms with van der Waals surface area (Å²) in [4.78, 5) is 11.5. The normalized spacial score (nSPS) is 12.2. The van der Waals surface area contributed by atoms with Crippen molar-refractivity contribution < 1.29 is 9.53 Å². The summed E-state index contributed by atoms with van der Waals surface area (Å²) in [6.07, 6.45) is 3.88. The van der Waals surface area contributed by atoms with E-state index < -0.39 is 0 Å². The van der Waals surface area contributed by atoms with Gasteiger partial charge in [-0.15, -0.1) is 0 Å². The van der Waals surface area contributed by atoms with Crippen LogP contribution in [0, 0.1) is 5.92 Å². The van der Waals surface area contributed by atoms with Gasteiger partial charge in [0.2, 0.25) is 0 Å². The van der Waals surface area contributed by atoms with E-state index in [0.29, 0.717) is 0 Å². The molecule has 17 heavy (non-hydrogen) atoms. The van der Waals surface area contributed by atoms with Gasteiger partial charge in [-0.3, -0.25) is 4.79 Å². The van der Waals surface area contributed by atoms with E-state index in [1.807, 2.05) is 6.92 Å². The lowest BCUT2D eigenvalue weighted by atomic mass is 9.96. The number of aryl methyl sites for hydroxylation is 1. The fourth-order valence-electron chi connectivity index (χ4n) is 1.98. The fourth-order valence-corrected chi connectivity index (χ4v) is 1.98. The zero-order valence-corrected chi connectivity index (χ0v) is 11.0. The SMILES string of the molecule is CCCc1ccc(CC(CC)C(=O)OC)cc1. The summed E-state index contributed by atoms with van der Waals surface area (Å²) in [5.41, 5.74) is 2.57. The van der Waals surface area contributed by atoms with Gasteiger partial charge in [0.25, 0.3) is 0 Å². The highest BCUT2D eigenvalue weighted by molar-refractivity contribution is 5.72. The first-order valence-electron chi connectivity index (χ1n) is 6.36. The Morgan fingerprint density at radius 3 is 2.24 bits per heavy atom. The maximum absolute atomic E-state index is 11.5. The van der Waals surface area contributed by atoms with Gasteiger partial charge >= 0.3 is 5.97 Å². The van der Waals surface area contributed by atoms with Gasteiger partial charge in [0.05, 0.1) is 13.0 Å². The van der Waals surface area contributed by atoms with Crippen molar-refractivity contribution in [3.05, 3.63) is 35.4 Å². The number of methoxy groups -OCH3 is 1. The van der Waals surface area contributed by atoms with Crippen LogP contribution < -0.4 is 0 Å². The lowest BCUT2D eigenvalue weighted by Gasteiger charge is -2.12. The second kappa shape index (κ2) is 7.10. The highest BCUT2D eigenvalue weighted by atomic mass is 16.5. The maximum atomic E-state index is 11.5. The standard InChI is InChI=1S/C15H22O2/c1-4-6-12-7-9-13(10-8-12)11-14(5-2)15(16)17-3/h7-10,14H,4-6,11H2,1-3H3. The zero-order valence-electron chi connectivity index (χ0n) is 11.0. The Balaban J connectivity index is 2.64. The minimum atomic E-state index is -0.106. The van der Waals surface area contributed by atoms with Crippen LogP contribution in [0.4, 0.5) is 0 Å². The van der Waals surface area contributed by atoms with Crippen LogP contribution in [0.2, 0.25) is 0 Å². The fraction of sp³-hybridized carbons (Fsp3) is 0.533. The van der Waals surface area contributed by atoms with Crippen LogP contribution in [0.1, 0.15) is 37.8 Å². The number of benzene rings is 1. The predicted molar refractivity (Wildman–Crippen MR) is 69.9 cm³/mol. The van der Waals surface area contributed by atoms with E-state index in [2.05, 4.69) is 31.2 Å². The average Bonchev–Trinajstić information content (AvgIpc) is 2.37. The summed E-state index contributed by atoms with van der Waals surface area (Å²) in [7, 11) is 1.45. The van der Waals surface area contributed by atoms with E-state index in [9.17, 15) is 4.79 Å². The number of carbonyl (C=O) groups excluding carboxylic acids is 1. The van der Waals surface area contributed by atoms with Crippen molar-refractivity contribution in [2.45, 2.75) is 39.5 Å². The molecule has 1 aromatic carbocycles. The Morgan fingerprint density at radius 2 is 1.76 bits per heavy atom. The number of carbonyl (C=O) groups is 1. The summed E-state index contributed by atoms with van der Waals surface area (Å²) in [6.45, 7) is 4.20. The van der Waals surface area contributed by atoms with Crippen LogP contribution in [0.5, 0.6) is 0 Å². The Labute approximate surface area is 104 Å². The molecule has 1 unspecified atom stereocenters. The van der Waals surface area contributed by atoms with Crippen molar-refractivity contribution in [1.82, 2.24) is 0 Å². The molecule has 94 valence electrons. The van der Waals surface area contributed by atoms with Crippen LogP contribution in [0.25, 0.3) is 0 Å². The molecule has 2 nitrogen and oxygen atoms in total. The van der Waals surface area contributed by atoms with Crippen molar-refractivity contribution in [3.63, 3.8) is 0 Å². The van der Waals surface area contributed by atoms with E-state index in [1.54, 1.807) is 0 Å². The molecule has 0 fully saturated rings. The van der Waals surface area contributed by atoms with Crippen molar-refractivity contribution in [1.29, 1.82) is 0 Å². The first kappa shape index (κ1) is 13.8. The molecule has 0 spiro atoms. The van der Waals surface area contributed by atoms with Crippen molar-refractivity contribution in [3.8, 4) is 0 Å². The van der Waals surface area contributed by atoms with Crippen molar-refractivity contribution in [2.75, 3.05) is 7.11 Å². The number of esters is 1. The van der Waals surface area contributed by atoms with Gasteiger partial charge in [0.15, 0.2) is 0 Å². The molecule has 0 saturated heterocycles. The molecule has 1 atom stereocenters. The molecule has 2 heteroatoms. The van der Waals surface area contributed by atoms with Gasteiger partial charge in [-0.1, -0.05) is 44.5 Å². The Morgan fingerprint density at radius 1 is 1.18 bits per heavy atom.